The lowest BCUT2D eigenvalue weighted by molar-refractivity contribution is 0.321. The summed E-state index contributed by atoms with van der Waals surface area (Å²) in [5.41, 5.74) is 6.76. The Hall–Kier alpha value is -0.510. The Morgan fingerprint density at radius 2 is 1.95 bits per heavy atom. The third-order valence-electron chi connectivity index (χ3n) is 2.79. The summed E-state index contributed by atoms with van der Waals surface area (Å²) in [5, 5.41) is 0.284. The van der Waals surface area contributed by atoms with Crippen molar-refractivity contribution in [2.45, 2.75) is 39.7 Å². The number of hydrogen-bond acceptors (Lipinski definition) is 2. The quantitative estimate of drug-likeness (QED) is 0.824. The SMILES string of the molecule is CCOc1c(F)cc([C@@H](N)CCC(C)C)cc1Cl.Cl. The molecule has 1 aromatic rings. The highest BCUT2D eigenvalue weighted by Gasteiger charge is 2.15. The van der Waals surface area contributed by atoms with E-state index in [1.165, 1.54) is 6.07 Å². The lowest BCUT2D eigenvalue weighted by atomic mass is 9.98. The molecule has 0 aromatic heterocycles. The van der Waals surface area contributed by atoms with Gasteiger partial charge >= 0.3 is 0 Å². The van der Waals surface area contributed by atoms with Crippen LogP contribution < -0.4 is 10.5 Å². The van der Waals surface area contributed by atoms with E-state index in [9.17, 15) is 4.39 Å². The van der Waals surface area contributed by atoms with Gasteiger partial charge in [0.15, 0.2) is 11.6 Å². The Kier molecular flexibility index (Phi) is 8.39. The van der Waals surface area contributed by atoms with Crippen LogP contribution in [0.4, 0.5) is 4.39 Å². The van der Waals surface area contributed by atoms with Crippen LogP contribution in [0.15, 0.2) is 12.1 Å². The molecule has 2 N–H and O–H groups in total. The largest absolute Gasteiger partial charge is 0.489 e. The third kappa shape index (κ3) is 5.55. The fraction of sp³-hybridized carbons (Fsp3) is 0.571. The van der Waals surface area contributed by atoms with Crippen LogP contribution in [0.5, 0.6) is 5.75 Å². The summed E-state index contributed by atoms with van der Waals surface area (Å²) in [6.45, 7) is 6.45. The predicted molar refractivity (Wildman–Crippen MR) is 80.8 cm³/mol. The van der Waals surface area contributed by atoms with Crippen molar-refractivity contribution in [3.8, 4) is 5.75 Å². The number of benzene rings is 1. The Labute approximate surface area is 125 Å². The molecule has 0 bridgehead atoms. The van der Waals surface area contributed by atoms with Crippen LogP contribution in [0.2, 0.25) is 5.02 Å². The van der Waals surface area contributed by atoms with Crippen molar-refractivity contribution in [1.82, 2.24) is 0 Å². The van der Waals surface area contributed by atoms with E-state index < -0.39 is 5.82 Å². The highest BCUT2D eigenvalue weighted by atomic mass is 35.5. The molecule has 0 saturated heterocycles. The zero-order valence-electron chi connectivity index (χ0n) is 11.6. The van der Waals surface area contributed by atoms with Crippen molar-refractivity contribution in [3.63, 3.8) is 0 Å². The molecule has 0 aliphatic rings. The summed E-state index contributed by atoms with van der Waals surface area (Å²) in [6.07, 6.45) is 1.83. The molecule has 110 valence electrons. The molecule has 0 fully saturated rings. The zero-order valence-corrected chi connectivity index (χ0v) is 13.2. The second-order valence-electron chi connectivity index (χ2n) is 4.82. The van der Waals surface area contributed by atoms with Crippen molar-refractivity contribution < 1.29 is 9.13 Å². The fourth-order valence-corrected chi connectivity index (χ4v) is 2.03. The number of hydrogen-bond donors (Lipinski definition) is 1. The number of rotatable bonds is 6. The molecule has 19 heavy (non-hydrogen) atoms. The van der Waals surface area contributed by atoms with Gasteiger partial charge in [-0.25, -0.2) is 4.39 Å². The molecule has 2 nitrogen and oxygen atoms in total. The summed E-state index contributed by atoms with van der Waals surface area (Å²) in [6, 6.07) is 2.93. The fourth-order valence-electron chi connectivity index (χ4n) is 1.76. The first-order valence-corrected chi connectivity index (χ1v) is 6.70. The predicted octanol–water partition coefficient (Wildman–Crippen LogP) is 4.74. The molecule has 0 aliphatic carbocycles. The van der Waals surface area contributed by atoms with E-state index in [1.807, 2.05) is 0 Å². The van der Waals surface area contributed by atoms with Gasteiger partial charge in [-0.15, -0.1) is 12.4 Å². The Balaban J connectivity index is 0.00000324. The van der Waals surface area contributed by atoms with Crippen molar-refractivity contribution in [2.24, 2.45) is 11.7 Å². The van der Waals surface area contributed by atoms with Gasteiger partial charge in [-0.2, -0.15) is 0 Å². The maximum atomic E-state index is 13.8. The average molecular weight is 310 g/mol. The molecule has 0 amide bonds. The number of halogens is 3. The highest BCUT2D eigenvalue weighted by molar-refractivity contribution is 6.32. The van der Waals surface area contributed by atoms with E-state index in [1.54, 1.807) is 13.0 Å². The van der Waals surface area contributed by atoms with Crippen LogP contribution in [-0.2, 0) is 0 Å². The lowest BCUT2D eigenvalue weighted by Gasteiger charge is -2.15. The van der Waals surface area contributed by atoms with Crippen molar-refractivity contribution in [1.29, 1.82) is 0 Å². The number of ether oxygens (including phenoxy) is 1. The van der Waals surface area contributed by atoms with Gasteiger partial charge in [-0.3, -0.25) is 0 Å². The summed E-state index contributed by atoms with van der Waals surface area (Å²) in [4.78, 5) is 0. The lowest BCUT2D eigenvalue weighted by Crippen LogP contribution is -2.12. The van der Waals surface area contributed by atoms with Crippen LogP contribution in [0.1, 0.15) is 45.2 Å². The molecule has 0 heterocycles. The van der Waals surface area contributed by atoms with E-state index in [2.05, 4.69) is 13.8 Å². The molecule has 1 atom stereocenters. The summed E-state index contributed by atoms with van der Waals surface area (Å²) in [7, 11) is 0. The van der Waals surface area contributed by atoms with Gasteiger partial charge in [0.05, 0.1) is 11.6 Å². The average Bonchev–Trinajstić information content (AvgIpc) is 2.30. The summed E-state index contributed by atoms with van der Waals surface area (Å²) < 4.78 is 18.9. The molecule has 0 spiro atoms. The molecular formula is C14H22Cl2FNO. The molecule has 1 rings (SSSR count). The minimum atomic E-state index is -0.445. The normalized spacial score (nSPS) is 12.2. The third-order valence-corrected chi connectivity index (χ3v) is 3.07. The van der Waals surface area contributed by atoms with Crippen LogP contribution in [0, 0.1) is 11.7 Å². The minimum Gasteiger partial charge on any atom is -0.489 e. The van der Waals surface area contributed by atoms with Gasteiger partial charge in [0, 0.05) is 6.04 Å². The maximum absolute atomic E-state index is 13.8. The molecule has 0 radical (unpaired) electrons. The van der Waals surface area contributed by atoms with Gasteiger partial charge in [0.25, 0.3) is 0 Å². The van der Waals surface area contributed by atoms with E-state index in [-0.39, 0.29) is 29.2 Å². The van der Waals surface area contributed by atoms with E-state index in [0.29, 0.717) is 12.5 Å². The van der Waals surface area contributed by atoms with Gasteiger partial charge in [-0.05, 0) is 43.4 Å². The molecule has 0 aliphatic heterocycles. The van der Waals surface area contributed by atoms with Crippen molar-refractivity contribution >= 4 is 24.0 Å². The first kappa shape index (κ1) is 18.5. The van der Waals surface area contributed by atoms with Crippen LogP contribution in [0.3, 0.4) is 0 Å². The monoisotopic (exact) mass is 309 g/mol. The van der Waals surface area contributed by atoms with Crippen LogP contribution in [-0.4, -0.2) is 6.61 Å². The Morgan fingerprint density at radius 1 is 1.32 bits per heavy atom. The summed E-state index contributed by atoms with van der Waals surface area (Å²) in [5.74, 6) is 0.248. The molecule has 0 unspecified atom stereocenters. The maximum Gasteiger partial charge on any atom is 0.173 e. The van der Waals surface area contributed by atoms with Crippen molar-refractivity contribution in [2.75, 3.05) is 6.61 Å². The van der Waals surface area contributed by atoms with Crippen molar-refractivity contribution in [3.05, 3.63) is 28.5 Å². The molecule has 0 saturated carbocycles. The Morgan fingerprint density at radius 3 is 2.42 bits per heavy atom. The zero-order chi connectivity index (χ0) is 13.7. The topological polar surface area (TPSA) is 35.2 Å². The first-order valence-electron chi connectivity index (χ1n) is 6.33. The smallest absolute Gasteiger partial charge is 0.173 e. The molecular weight excluding hydrogens is 288 g/mol. The summed E-state index contributed by atoms with van der Waals surface area (Å²) >= 11 is 6.00. The van der Waals surface area contributed by atoms with Gasteiger partial charge in [-0.1, -0.05) is 25.4 Å². The second kappa shape index (κ2) is 8.62. The van der Waals surface area contributed by atoms with E-state index in [4.69, 9.17) is 22.1 Å². The standard InChI is InChI=1S/C14H21ClFNO.ClH/c1-4-18-14-11(15)7-10(8-12(14)16)13(17)6-5-9(2)3;/h7-9,13H,4-6,17H2,1-3H3;1H/t13-;/m0./s1. The second-order valence-corrected chi connectivity index (χ2v) is 5.23. The van der Waals surface area contributed by atoms with Crippen LogP contribution in [0.25, 0.3) is 0 Å². The highest BCUT2D eigenvalue weighted by Crippen LogP contribution is 2.32. The van der Waals surface area contributed by atoms with E-state index >= 15 is 0 Å². The first-order chi connectivity index (χ1) is 8.45. The minimum absolute atomic E-state index is 0. The molecule has 1 aromatic carbocycles. The number of nitrogens with two attached hydrogens (primary N) is 1. The van der Waals surface area contributed by atoms with Crippen LogP contribution >= 0.6 is 24.0 Å². The Bertz CT molecular complexity index is 376. The van der Waals surface area contributed by atoms with E-state index in [0.717, 1.165) is 18.4 Å². The molecule has 5 heteroatoms. The van der Waals surface area contributed by atoms with Gasteiger partial charge in [0.1, 0.15) is 0 Å². The van der Waals surface area contributed by atoms with Gasteiger partial charge in [0.2, 0.25) is 0 Å². The van der Waals surface area contributed by atoms with Gasteiger partial charge < -0.3 is 10.5 Å².